The van der Waals surface area contributed by atoms with Crippen molar-refractivity contribution >= 4 is 48.4 Å². The maximum absolute atomic E-state index is 13.1. The summed E-state index contributed by atoms with van der Waals surface area (Å²) in [4.78, 5) is 20.4. The number of rotatable bonds is 3. The Kier molecular flexibility index (Phi) is 4.73. The molecule has 0 bridgehead atoms. The number of fused-ring (bicyclic) bond motifs is 3. The summed E-state index contributed by atoms with van der Waals surface area (Å²) in [5.41, 5.74) is 8.33. The van der Waals surface area contributed by atoms with E-state index in [2.05, 4.69) is 37.3 Å². The highest BCUT2D eigenvalue weighted by Gasteiger charge is 2.35. The Morgan fingerprint density at radius 1 is 1.19 bits per heavy atom. The van der Waals surface area contributed by atoms with Crippen LogP contribution < -0.4 is 21.3 Å². The van der Waals surface area contributed by atoms with Crippen LogP contribution in [-0.2, 0) is 0 Å². The van der Waals surface area contributed by atoms with Crippen LogP contribution in [0.2, 0.25) is 0 Å². The Morgan fingerprint density at radius 3 is 2.65 bits per heavy atom. The Morgan fingerprint density at radius 2 is 1.94 bits per heavy atom. The number of nitrogens with zero attached hydrogens (tertiary/aromatic N) is 2. The standard InChI is InChI=1S/C22H14BrN5O2S/c23-12-8-6-11(7-9-12)15-14(10-24)19(25)30-17-16(15)21(29)27-20-18(17)31-22(28-20)26-13-4-2-1-3-5-13/h1-9,15H,25H2,(H2,26,27,28,29)/t15-/m0/s1. The summed E-state index contributed by atoms with van der Waals surface area (Å²) in [5, 5.41) is 13.6. The van der Waals surface area contributed by atoms with E-state index in [1.807, 2.05) is 54.6 Å². The van der Waals surface area contributed by atoms with Crippen LogP contribution in [0.1, 0.15) is 17.0 Å². The van der Waals surface area contributed by atoms with Gasteiger partial charge in [0, 0.05) is 10.2 Å². The predicted molar refractivity (Wildman–Crippen MR) is 123 cm³/mol. The largest absolute Gasteiger partial charge is 0.438 e. The predicted octanol–water partition coefficient (Wildman–Crippen LogP) is 4.71. The van der Waals surface area contributed by atoms with Gasteiger partial charge in [0.05, 0.1) is 11.5 Å². The Bertz CT molecular complexity index is 1440. The Hall–Kier alpha value is -3.61. The SMILES string of the molecule is N#CC1=C(N)Oc2c(c(=O)[nH]c3nc(Nc4ccccc4)sc23)[C@H]1c1ccc(Br)cc1. The van der Waals surface area contributed by atoms with Gasteiger partial charge in [-0.1, -0.05) is 57.6 Å². The lowest BCUT2D eigenvalue weighted by atomic mass is 9.84. The van der Waals surface area contributed by atoms with E-state index in [4.69, 9.17) is 10.5 Å². The normalized spacial score (nSPS) is 15.3. The lowest BCUT2D eigenvalue weighted by Crippen LogP contribution is -2.27. The first-order valence-electron chi connectivity index (χ1n) is 9.27. The number of hydrogen-bond acceptors (Lipinski definition) is 7. The number of allylic oxidation sites excluding steroid dienone is 1. The molecule has 1 aliphatic rings. The molecule has 4 N–H and O–H groups in total. The smallest absolute Gasteiger partial charge is 0.257 e. The number of aromatic amines is 1. The monoisotopic (exact) mass is 491 g/mol. The van der Waals surface area contributed by atoms with Crippen LogP contribution in [-0.4, -0.2) is 9.97 Å². The molecule has 31 heavy (non-hydrogen) atoms. The number of para-hydroxylation sites is 1. The maximum Gasteiger partial charge on any atom is 0.257 e. The van der Waals surface area contributed by atoms with Crippen LogP contribution >= 0.6 is 27.3 Å². The number of benzene rings is 2. The third-order valence-corrected chi connectivity index (χ3v) is 6.46. The molecule has 2 aromatic carbocycles. The zero-order valence-corrected chi connectivity index (χ0v) is 18.3. The molecule has 0 fully saturated rings. The minimum Gasteiger partial charge on any atom is -0.438 e. The fourth-order valence-electron chi connectivity index (χ4n) is 3.58. The van der Waals surface area contributed by atoms with E-state index in [0.29, 0.717) is 26.8 Å². The van der Waals surface area contributed by atoms with E-state index in [1.54, 1.807) is 0 Å². The van der Waals surface area contributed by atoms with Crippen LogP contribution in [0.3, 0.4) is 0 Å². The second kappa shape index (κ2) is 7.58. The molecule has 0 unspecified atom stereocenters. The second-order valence-corrected chi connectivity index (χ2v) is 8.78. The van der Waals surface area contributed by atoms with Gasteiger partial charge in [0.2, 0.25) is 5.88 Å². The van der Waals surface area contributed by atoms with Crippen molar-refractivity contribution in [2.45, 2.75) is 5.92 Å². The van der Waals surface area contributed by atoms with Gasteiger partial charge in [-0.05, 0) is 29.8 Å². The lowest BCUT2D eigenvalue weighted by Gasteiger charge is -2.25. The van der Waals surface area contributed by atoms with Gasteiger partial charge in [-0.3, -0.25) is 4.79 Å². The quantitative estimate of drug-likeness (QED) is 0.382. The van der Waals surface area contributed by atoms with Crippen molar-refractivity contribution in [2.24, 2.45) is 5.73 Å². The second-order valence-electron chi connectivity index (χ2n) is 6.86. The molecular weight excluding hydrogens is 478 g/mol. The van der Waals surface area contributed by atoms with Crippen molar-refractivity contribution < 1.29 is 4.74 Å². The molecule has 0 spiro atoms. The molecule has 9 heteroatoms. The molecule has 0 radical (unpaired) electrons. The third kappa shape index (κ3) is 3.36. The number of pyridine rings is 1. The van der Waals surface area contributed by atoms with Crippen molar-refractivity contribution in [3.8, 4) is 11.8 Å². The first-order chi connectivity index (χ1) is 15.0. The van der Waals surface area contributed by atoms with Crippen molar-refractivity contribution in [2.75, 3.05) is 5.32 Å². The lowest BCUT2D eigenvalue weighted by molar-refractivity contribution is 0.397. The molecule has 7 nitrogen and oxygen atoms in total. The van der Waals surface area contributed by atoms with Gasteiger partial charge < -0.3 is 20.8 Å². The Balaban J connectivity index is 1.69. The highest BCUT2D eigenvalue weighted by atomic mass is 79.9. The van der Waals surface area contributed by atoms with Gasteiger partial charge in [0.15, 0.2) is 16.5 Å². The summed E-state index contributed by atoms with van der Waals surface area (Å²) in [5.74, 6) is -0.315. The molecule has 3 heterocycles. The van der Waals surface area contributed by atoms with E-state index in [9.17, 15) is 10.1 Å². The Labute approximate surface area is 188 Å². The number of ether oxygens (including phenoxy) is 1. The highest BCUT2D eigenvalue weighted by Crippen LogP contribution is 2.45. The number of halogens is 1. The van der Waals surface area contributed by atoms with E-state index in [0.717, 1.165) is 15.7 Å². The molecule has 0 amide bonds. The first kappa shape index (κ1) is 19.4. The molecule has 0 aliphatic carbocycles. The van der Waals surface area contributed by atoms with Gasteiger partial charge in [0.25, 0.3) is 5.56 Å². The number of anilines is 2. The summed E-state index contributed by atoms with van der Waals surface area (Å²) < 4.78 is 7.36. The first-order valence-corrected chi connectivity index (χ1v) is 10.9. The van der Waals surface area contributed by atoms with E-state index in [-0.39, 0.29) is 17.0 Å². The van der Waals surface area contributed by atoms with Gasteiger partial charge >= 0.3 is 0 Å². The summed E-state index contributed by atoms with van der Waals surface area (Å²) in [6.45, 7) is 0. The molecule has 5 rings (SSSR count). The van der Waals surface area contributed by atoms with E-state index in [1.165, 1.54) is 11.3 Å². The summed E-state index contributed by atoms with van der Waals surface area (Å²) in [6, 6.07) is 19.1. The summed E-state index contributed by atoms with van der Waals surface area (Å²) >= 11 is 4.75. The van der Waals surface area contributed by atoms with Crippen LogP contribution in [0.25, 0.3) is 10.3 Å². The van der Waals surface area contributed by atoms with Gasteiger partial charge in [-0.2, -0.15) is 5.26 Å². The fraction of sp³-hybridized carbons (Fsp3) is 0.0455. The molecule has 152 valence electrons. The van der Waals surface area contributed by atoms with Crippen LogP contribution in [0.5, 0.6) is 5.75 Å². The third-order valence-electron chi connectivity index (χ3n) is 4.96. The molecule has 1 atom stereocenters. The zero-order valence-electron chi connectivity index (χ0n) is 15.8. The number of aromatic nitrogens is 2. The minimum absolute atomic E-state index is 0.0132. The molecule has 0 saturated carbocycles. The maximum atomic E-state index is 13.1. The van der Waals surface area contributed by atoms with Gasteiger partial charge in [0.1, 0.15) is 16.3 Å². The number of nitriles is 1. The van der Waals surface area contributed by atoms with E-state index >= 15 is 0 Å². The molecule has 2 aromatic heterocycles. The van der Waals surface area contributed by atoms with Crippen molar-refractivity contribution in [1.82, 2.24) is 9.97 Å². The van der Waals surface area contributed by atoms with Crippen molar-refractivity contribution in [1.29, 1.82) is 5.26 Å². The molecule has 4 aromatic rings. The van der Waals surface area contributed by atoms with E-state index < -0.39 is 5.92 Å². The zero-order chi connectivity index (χ0) is 21.5. The topological polar surface area (TPSA) is 117 Å². The number of H-pyrrole nitrogens is 1. The molecular formula is C22H14BrN5O2S. The average molecular weight is 492 g/mol. The average Bonchev–Trinajstić information content (AvgIpc) is 3.16. The van der Waals surface area contributed by atoms with Gasteiger partial charge in [-0.25, -0.2) is 4.98 Å². The summed E-state index contributed by atoms with van der Waals surface area (Å²) in [7, 11) is 0. The fourth-order valence-corrected chi connectivity index (χ4v) is 4.78. The van der Waals surface area contributed by atoms with Gasteiger partial charge in [-0.15, -0.1) is 0 Å². The van der Waals surface area contributed by atoms with Crippen molar-refractivity contribution in [3.05, 3.63) is 92.0 Å². The van der Waals surface area contributed by atoms with Crippen LogP contribution in [0, 0.1) is 11.3 Å². The highest BCUT2D eigenvalue weighted by molar-refractivity contribution is 9.10. The van der Waals surface area contributed by atoms with Crippen LogP contribution in [0.4, 0.5) is 10.8 Å². The number of nitrogens with one attached hydrogen (secondary N) is 2. The number of thiazole rings is 1. The molecule has 0 saturated heterocycles. The summed E-state index contributed by atoms with van der Waals surface area (Å²) in [6.07, 6.45) is 0. The van der Waals surface area contributed by atoms with Crippen molar-refractivity contribution in [3.63, 3.8) is 0 Å². The number of hydrogen-bond donors (Lipinski definition) is 3. The van der Waals surface area contributed by atoms with Crippen LogP contribution in [0.15, 0.2) is 75.3 Å². The number of nitrogens with two attached hydrogens (primary N) is 1. The molecule has 1 aliphatic heterocycles. The minimum atomic E-state index is -0.636.